The molecule has 0 bridgehead atoms. The van der Waals surface area contributed by atoms with E-state index in [0.29, 0.717) is 29.2 Å². The van der Waals surface area contributed by atoms with Crippen LogP contribution in [0, 0.1) is 0 Å². The standard InChI is InChI=1S/C14H17N3O4/c1-4-9-12(14(20)16(2)8-11(18)19)17-7-5-6-10(21-3)13(17)15-9/h5-7H,4,8H2,1-3H3,(H,18,19). The lowest BCUT2D eigenvalue weighted by Gasteiger charge is -2.15. The number of hydrogen-bond acceptors (Lipinski definition) is 4. The van der Waals surface area contributed by atoms with E-state index in [4.69, 9.17) is 9.84 Å². The zero-order chi connectivity index (χ0) is 15.6. The van der Waals surface area contributed by atoms with Crippen molar-refractivity contribution in [3.63, 3.8) is 0 Å². The second-order valence-corrected chi connectivity index (χ2v) is 4.59. The van der Waals surface area contributed by atoms with Crippen molar-refractivity contribution in [1.82, 2.24) is 14.3 Å². The minimum atomic E-state index is -1.06. The monoisotopic (exact) mass is 291 g/mol. The number of carboxylic acid groups (broad SMARTS) is 1. The molecule has 0 unspecified atom stereocenters. The van der Waals surface area contributed by atoms with E-state index in [1.807, 2.05) is 6.92 Å². The summed E-state index contributed by atoms with van der Waals surface area (Å²) in [7, 11) is 2.99. The summed E-state index contributed by atoms with van der Waals surface area (Å²) in [6.45, 7) is 1.53. The molecule has 7 nitrogen and oxygen atoms in total. The van der Waals surface area contributed by atoms with E-state index in [2.05, 4.69) is 4.98 Å². The van der Waals surface area contributed by atoms with Gasteiger partial charge in [0.2, 0.25) is 0 Å². The highest BCUT2D eigenvalue weighted by molar-refractivity contribution is 5.96. The summed E-state index contributed by atoms with van der Waals surface area (Å²) in [5.41, 5.74) is 1.53. The molecule has 0 aliphatic carbocycles. The predicted molar refractivity (Wildman–Crippen MR) is 75.7 cm³/mol. The van der Waals surface area contributed by atoms with Crippen molar-refractivity contribution in [2.24, 2.45) is 0 Å². The molecule has 0 radical (unpaired) electrons. The number of aromatic nitrogens is 2. The first-order chi connectivity index (χ1) is 9.99. The number of fused-ring (bicyclic) bond motifs is 1. The Balaban J connectivity index is 2.56. The SMILES string of the molecule is CCc1nc2c(OC)cccn2c1C(=O)N(C)CC(=O)O. The number of carboxylic acids is 1. The molecule has 0 aromatic carbocycles. The number of nitrogens with zero attached hydrogens (tertiary/aromatic N) is 3. The minimum Gasteiger partial charge on any atom is -0.493 e. The van der Waals surface area contributed by atoms with Crippen LogP contribution in [-0.4, -0.2) is 52.0 Å². The Labute approximate surface area is 121 Å². The molecule has 0 fully saturated rings. The number of carbonyl (C=O) groups excluding carboxylic acids is 1. The van der Waals surface area contributed by atoms with Crippen LogP contribution in [0.1, 0.15) is 23.1 Å². The van der Waals surface area contributed by atoms with Crippen molar-refractivity contribution in [2.45, 2.75) is 13.3 Å². The second-order valence-electron chi connectivity index (χ2n) is 4.59. The Bertz CT molecular complexity index is 693. The van der Waals surface area contributed by atoms with Crippen molar-refractivity contribution >= 4 is 17.5 Å². The van der Waals surface area contributed by atoms with E-state index >= 15 is 0 Å². The Morgan fingerprint density at radius 3 is 2.76 bits per heavy atom. The van der Waals surface area contributed by atoms with E-state index < -0.39 is 5.97 Å². The highest BCUT2D eigenvalue weighted by Gasteiger charge is 2.23. The Morgan fingerprint density at radius 1 is 1.48 bits per heavy atom. The van der Waals surface area contributed by atoms with Gasteiger partial charge in [0.25, 0.3) is 5.91 Å². The molecule has 0 spiro atoms. The van der Waals surface area contributed by atoms with Crippen molar-refractivity contribution in [3.8, 4) is 5.75 Å². The molecular formula is C14H17N3O4. The van der Waals surface area contributed by atoms with Crippen LogP contribution in [0.4, 0.5) is 0 Å². The summed E-state index contributed by atoms with van der Waals surface area (Å²) in [5, 5.41) is 8.82. The number of carbonyl (C=O) groups is 2. The average molecular weight is 291 g/mol. The van der Waals surface area contributed by atoms with Gasteiger partial charge in [-0.25, -0.2) is 4.98 Å². The zero-order valence-corrected chi connectivity index (χ0v) is 12.2. The quantitative estimate of drug-likeness (QED) is 0.890. The topological polar surface area (TPSA) is 84.1 Å². The van der Waals surface area contributed by atoms with Crippen LogP contribution in [0.15, 0.2) is 18.3 Å². The Morgan fingerprint density at radius 2 is 2.19 bits per heavy atom. The summed E-state index contributed by atoms with van der Waals surface area (Å²) in [5.74, 6) is -0.877. The second kappa shape index (κ2) is 5.82. The van der Waals surface area contributed by atoms with Crippen LogP contribution in [-0.2, 0) is 11.2 Å². The first-order valence-corrected chi connectivity index (χ1v) is 6.50. The number of hydrogen-bond donors (Lipinski definition) is 1. The first-order valence-electron chi connectivity index (χ1n) is 6.50. The largest absolute Gasteiger partial charge is 0.493 e. The fourth-order valence-corrected chi connectivity index (χ4v) is 2.18. The number of ether oxygens (including phenoxy) is 1. The molecule has 2 rings (SSSR count). The van der Waals surface area contributed by atoms with Crippen LogP contribution < -0.4 is 4.74 Å². The molecule has 112 valence electrons. The van der Waals surface area contributed by atoms with Gasteiger partial charge in [0.05, 0.1) is 12.8 Å². The smallest absolute Gasteiger partial charge is 0.323 e. The van der Waals surface area contributed by atoms with E-state index in [-0.39, 0.29) is 12.5 Å². The fourth-order valence-electron chi connectivity index (χ4n) is 2.18. The predicted octanol–water partition coefficient (Wildman–Crippen LogP) is 1.06. The molecule has 1 amide bonds. The lowest BCUT2D eigenvalue weighted by molar-refractivity contribution is -0.137. The molecular weight excluding hydrogens is 274 g/mol. The number of pyridine rings is 1. The Hall–Kier alpha value is -2.57. The zero-order valence-electron chi connectivity index (χ0n) is 12.2. The first kappa shape index (κ1) is 14.8. The number of aryl methyl sites for hydroxylation is 1. The third-order valence-electron chi connectivity index (χ3n) is 3.16. The van der Waals surface area contributed by atoms with Crippen LogP contribution >= 0.6 is 0 Å². The van der Waals surface area contributed by atoms with Crippen LogP contribution in [0.3, 0.4) is 0 Å². The van der Waals surface area contributed by atoms with E-state index in [0.717, 1.165) is 4.90 Å². The number of methoxy groups -OCH3 is 1. The van der Waals surface area contributed by atoms with Gasteiger partial charge in [0.15, 0.2) is 11.4 Å². The molecule has 2 aromatic rings. The third-order valence-corrected chi connectivity index (χ3v) is 3.16. The maximum absolute atomic E-state index is 12.5. The molecule has 21 heavy (non-hydrogen) atoms. The molecule has 0 saturated carbocycles. The molecule has 0 atom stereocenters. The molecule has 0 aliphatic rings. The third kappa shape index (κ3) is 2.67. The molecule has 2 heterocycles. The van der Waals surface area contributed by atoms with Crippen molar-refractivity contribution in [3.05, 3.63) is 29.7 Å². The maximum atomic E-state index is 12.5. The van der Waals surface area contributed by atoms with Gasteiger partial charge in [-0.1, -0.05) is 6.92 Å². The number of amides is 1. The van der Waals surface area contributed by atoms with Crippen LogP contribution in [0.5, 0.6) is 5.75 Å². The summed E-state index contributed by atoms with van der Waals surface area (Å²) in [4.78, 5) is 28.8. The van der Waals surface area contributed by atoms with Gasteiger partial charge in [0.1, 0.15) is 12.2 Å². The van der Waals surface area contributed by atoms with Gasteiger partial charge >= 0.3 is 5.97 Å². The summed E-state index contributed by atoms with van der Waals surface area (Å²) in [6, 6.07) is 3.51. The number of likely N-dealkylation sites (N-methyl/N-ethyl adjacent to an activating group) is 1. The van der Waals surface area contributed by atoms with Crippen molar-refractivity contribution in [1.29, 1.82) is 0 Å². The van der Waals surface area contributed by atoms with E-state index in [1.165, 1.54) is 14.2 Å². The van der Waals surface area contributed by atoms with Gasteiger partial charge in [-0.05, 0) is 18.6 Å². The highest BCUT2D eigenvalue weighted by Crippen LogP contribution is 2.23. The minimum absolute atomic E-state index is 0.362. The Kier molecular flexibility index (Phi) is 4.11. The summed E-state index contributed by atoms with van der Waals surface area (Å²) < 4.78 is 6.88. The highest BCUT2D eigenvalue weighted by atomic mass is 16.5. The number of rotatable bonds is 5. The van der Waals surface area contributed by atoms with Gasteiger partial charge in [-0.2, -0.15) is 0 Å². The summed E-state index contributed by atoms with van der Waals surface area (Å²) >= 11 is 0. The fraction of sp³-hybridized carbons (Fsp3) is 0.357. The van der Waals surface area contributed by atoms with Crippen LogP contribution in [0.25, 0.3) is 5.65 Å². The van der Waals surface area contributed by atoms with Crippen molar-refractivity contribution in [2.75, 3.05) is 20.7 Å². The molecule has 7 heteroatoms. The molecule has 2 aromatic heterocycles. The van der Waals surface area contributed by atoms with Crippen LogP contribution in [0.2, 0.25) is 0 Å². The lowest BCUT2D eigenvalue weighted by Crippen LogP contribution is -2.33. The average Bonchev–Trinajstić information content (AvgIpc) is 2.83. The number of aliphatic carboxylic acids is 1. The van der Waals surface area contributed by atoms with Gasteiger partial charge < -0.3 is 14.7 Å². The summed E-state index contributed by atoms with van der Waals surface area (Å²) in [6.07, 6.45) is 2.28. The molecule has 0 aliphatic heterocycles. The number of imidazole rings is 1. The van der Waals surface area contributed by atoms with E-state index in [9.17, 15) is 9.59 Å². The lowest BCUT2D eigenvalue weighted by atomic mass is 10.2. The van der Waals surface area contributed by atoms with Crippen molar-refractivity contribution < 1.29 is 19.4 Å². The van der Waals surface area contributed by atoms with Gasteiger partial charge in [-0.15, -0.1) is 0 Å². The maximum Gasteiger partial charge on any atom is 0.323 e. The van der Waals surface area contributed by atoms with Gasteiger partial charge in [0, 0.05) is 13.2 Å². The van der Waals surface area contributed by atoms with Gasteiger partial charge in [-0.3, -0.25) is 14.0 Å². The van der Waals surface area contributed by atoms with E-state index in [1.54, 1.807) is 22.7 Å². The normalized spacial score (nSPS) is 10.6. The molecule has 1 N–H and O–H groups in total. The molecule has 0 saturated heterocycles.